The monoisotopic (exact) mass is 396 g/mol. The minimum absolute atomic E-state index is 0.00199. The number of aliphatic imine (C=N–C) groups is 1. The predicted molar refractivity (Wildman–Crippen MR) is 118 cm³/mol. The second-order valence-corrected chi connectivity index (χ2v) is 7.41. The van der Waals surface area contributed by atoms with Crippen LogP contribution in [0.3, 0.4) is 0 Å². The fourth-order valence-corrected chi connectivity index (χ4v) is 2.91. The van der Waals surface area contributed by atoms with Crippen LogP contribution in [-0.2, 0) is 12.0 Å². The number of hydrogen-bond donors (Lipinski definition) is 3. The predicted octanol–water partition coefficient (Wildman–Crippen LogP) is 2.39. The number of rotatable bonds is 8. The molecule has 0 fully saturated rings. The van der Waals surface area contributed by atoms with Crippen LogP contribution in [0.1, 0.15) is 35.3 Å². The highest BCUT2D eigenvalue weighted by molar-refractivity contribution is 5.94. The summed E-state index contributed by atoms with van der Waals surface area (Å²) in [5, 5.41) is 17.2. The van der Waals surface area contributed by atoms with Gasteiger partial charge in [-0.25, -0.2) is 4.99 Å². The second-order valence-electron chi connectivity index (χ2n) is 7.41. The molecule has 29 heavy (non-hydrogen) atoms. The number of aliphatic hydroxyl groups is 1. The number of benzene rings is 2. The number of carbonyl (C=O) groups excluding carboxylic acids is 1. The van der Waals surface area contributed by atoms with Crippen molar-refractivity contribution in [2.45, 2.75) is 25.9 Å². The van der Waals surface area contributed by atoms with Gasteiger partial charge in [0.25, 0.3) is 5.91 Å². The molecule has 0 radical (unpaired) electrons. The van der Waals surface area contributed by atoms with Gasteiger partial charge in [0.2, 0.25) is 0 Å². The maximum absolute atomic E-state index is 12.1. The Morgan fingerprint density at radius 2 is 1.83 bits per heavy atom. The zero-order chi connectivity index (χ0) is 21.3. The van der Waals surface area contributed by atoms with Gasteiger partial charge in [-0.3, -0.25) is 4.79 Å². The fourth-order valence-electron chi connectivity index (χ4n) is 2.91. The molecule has 0 aliphatic heterocycles. The molecule has 0 saturated carbocycles. The lowest BCUT2D eigenvalue weighted by atomic mass is 9.96. The summed E-state index contributed by atoms with van der Waals surface area (Å²) in [4.78, 5) is 18.2. The van der Waals surface area contributed by atoms with Crippen molar-refractivity contribution in [1.82, 2.24) is 15.5 Å². The first-order chi connectivity index (χ1) is 13.8. The molecule has 1 atom stereocenters. The Bertz CT molecular complexity index is 817. The highest BCUT2D eigenvalue weighted by Gasteiger charge is 2.22. The maximum Gasteiger partial charge on any atom is 0.253 e. The second kappa shape index (κ2) is 10.6. The number of hydrogen-bond acceptors (Lipinski definition) is 3. The van der Waals surface area contributed by atoms with E-state index in [1.807, 2.05) is 61.5 Å². The summed E-state index contributed by atoms with van der Waals surface area (Å²) in [7, 11) is 3.50. The van der Waals surface area contributed by atoms with Gasteiger partial charge in [-0.2, -0.15) is 0 Å². The van der Waals surface area contributed by atoms with Gasteiger partial charge < -0.3 is 20.6 Å². The van der Waals surface area contributed by atoms with Crippen LogP contribution in [0.5, 0.6) is 0 Å². The Kier molecular flexibility index (Phi) is 8.21. The molecule has 0 spiro atoms. The molecule has 0 bridgehead atoms. The summed E-state index contributed by atoms with van der Waals surface area (Å²) >= 11 is 0. The molecule has 2 aromatic rings. The van der Waals surface area contributed by atoms with Crippen LogP contribution in [0.2, 0.25) is 0 Å². The van der Waals surface area contributed by atoms with Gasteiger partial charge in [-0.1, -0.05) is 42.5 Å². The van der Waals surface area contributed by atoms with E-state index < -0.39 is 5.60 Å². The average molecular weight is 397 g/mol. The smallest absolute Gasteiger partial charge is 0.253 e. The summed E-state index contributed by atoms with van der Waals surface area (Å²) in [6, 6.07) is 17.2. The number of amides is 1. The van der Waals surface area contributed by atoms with Crippen LogP contribution in [0.25, 0.3) is 0 Å². The lowest BCUT2D eigenvalue weighted by molar-refractivity contribution is 0.0672. The molecule has 0 saturated heterocycles. The van der Waals surface area contributed by atoms with Crippen molar-refractivity contribution in [3.8, 4) is 0 Å². The third-order valence-electron chi connectivity index (χ3n) is 4.57. The van der Waals surface area contributed by atoms with Crippen molar-refractivity contribution >= 4 is 11.9 Å². The first kappa shape index (κ1) is 22.4. The summed E-state index contributed by atoms with van der Waals surface area (Å²) in [6.07, 6.45) is 0.758. The van der Waals surface area contributed by atoms with Crippen LogP contribution in [0.4, 0.5) is 0 Å². The van der Waals surface area contributed by atoms with E-state index in [-0.39, 0.29) is 12.5 Å². The van der Waals surface area contributed by atoms with Gasteiger partial charge in [0.15, 0.2) is 5.96 Å². The van der Waals surface area contributed by atoms with E-state index in [9.17, 15) is 9.90 Å². The zero-order valence-corrected chi connectivity index (χ0v) is 17.8. The van der Waals surface area contributed by atoms with Crippen LogP contribution < -0.4 is 10.6 Å². The zero-order valence-electron chi connectivity index (χ0n) is 17.8. The third kappa shape index (κ3) is 6.91. The van der Waals surface area contributed by atoms with Gasteiger partial charge in [0, 0.05) is 32.7 Å². The van der Waals surface area contributed by atoms with E-state index >= 15 is 0 Å². The Morgan fingerprint density at radius 3 is 2.48 bits per heavy atom. The fraction of sp³-hybridized carbons (Fsp3) is 0.391. The van der Waals surface area contributed by atoms with E-state index in [1.165, 1.54) is 0 Å². The first-order valence-corrected chi connectivity index (χ1v) is 9.94. The number of nitrogens with one attached hydrogen (secondary N) is 2. The average Bonchev–Trinajstić information content (AvgIpc) is 2.72. The summed E-state index contributed by atoms with van der Waals surface area (Å²) < 4.78 is 0. The summed E-state index contributed by atoms with van der Waals surface area (Å²) in [5.74, 6) is 0.655. The minimum Gasteiger partial charge on any atom is -0.384 e. The number of guanidine groups is 1. The van der Waals surface area contributed by atoms with Crippen molar-refractivity contribution in [2.75, 3.05) is 33.7 Å². The Labute approximate surface area is 173 Å². The maximum atomic E-state index is 12.1. The third-order valence-corrected chi connectivity index (χ3v) is 4.57. The van der Waals surface area contributed by atoms with Crippen molar-refractivity contribution in [3.63, 3.8) is 0 Å². The molecule has 2 aromatic carbocycles. The molecule has 2 rings (SSSR count). The van der Waals surface area contributed by atoms with Gasteiger partial charge in [-0.15, -0.1) is 0 Å². The van der Waals surface area contributed by atoms with Gasteiger partial charge in [0.05, 0.1) is 6.54 Å². The SMILES string of the molecule is CCNC(=NCC(C)(O)c1ccccc1)NCCc1cccc(C(=O)N(C)C)c1. The largest absolute Gasteiger partial charge is 0.384 e. The summed E-state index contributed by atoms with van der Waals surface area (Å²) in [5.41, 5.74) is 1.57. The molecule has 156 valence electrons. The van der Waals surface area contributed by atoms with E-state index in [2.05, 4.69) is 15.6 Å². The van der Waals surface area contributed by atoms with Crippen LogP contribution in [0.15, 0.2) is 59.6 Å². The Hall–Kier alpha value is -2.86. The van der Waals surface area contributed by atoms with Crippen LogP contribution in [0, 0.1) is 0 Å². The lowest BCUT2D eigenvalue weighted by Crippen LogP contribution is -2.39. The number of carbonyl (C=O) groups is 1. The van der Waals surface area contributed by atoms with Crippen LogP contribution >= 0.6 is 0 Å². The van der Waals surface area contributed by atoms with Gasteiger partial charge >= 0.3 is 0 Å². The Balaban J connectivity index is 1.96. The van der Waals surface area contributed by atoms with E-state index in [0.717, 1.165) is 24.1 Å². The molecule has 6 nitrogen and oxygen atoms in total. The highest BCUT2D eigenvalue weighted by Crippen LogP contribution is 2.20. The standard InChI is InChI=1S/C23H32N4O2/c1-5-24-22(26-17-23(2,29)20-12-7-6-8-13-20)25-15-14-18-10-9-11-19(16-18)21(28)27(3)4/h6-13,16,29H,5,14-15,17H2,1-4H3,(H2,24,25,26). The summed E-state index contributed by atoms with van der Waals surface area (Å²) in [6.45, 7) is 5.41. The molecule has 6 heteroatoms. The molecular formula is C23H32N4O2. The molecule has 3 N–H and O–H groups in total. The molecule has 1 amide bonds. The molecule has 0 aromatic heterocycles. The van der Waals surface area contributed by atoms with Crippen LogP contribution in [-0.4, -0.2) is 55.6 Å². The van der Waals surface area contributed by atoms with Gasteiger partial charge in [0.1, 0.15) is 5.60 Å². The molecule has 0 aliphatic carbocycles. The van der Waals surface area contributed by atoms with Crippen molar-refractivity contribution in [1.29, 1.82) is 0 Å². The van der Waals surface area contributed by atoms with E-state index in [1.54, 1.807) is 25.9 Å². The van der Waals surface area contributed by atoms with E-state index in [4.69, 9.17) is 0 Å². The van der Waals surface area contributed by atoms with Crippen molar-refractivity contribution in [3.05, 3.63) is 71.3 Å². The van der Waals surface area contributed by atoms with Gasteiger partial charge in [-0.05, 0) is 43.5 Å². The molecular weight excluding hydrogens is 364 g/mol. The van der Waals surface area contributed by atoms with Crippen molar-refractivity contribution in [2.24, 2.45) is 4.99 Å². The normalized spacial score (nSPS) is 13.5. The Morgan fingerprint density at radius 1 is 1.10 bits per heavy atom. The molecule has 0 aliphatic rings. The first-order valence-electron chi connectivity index (χ1n) is 9.94. The topological polar surface area (TPSA) is 77.0 Å². The lowest BCUT2D eigenvalue weighted by Gasteiger charge is -2.22. The van der Waals surface area contributed by atoms with Crippen molar-refractivity contribution < 1.29 is 9.90 Å². The molecule has 1 unspecified atom stereocenters. The van der Waals surface area contributed by atoms with E-state index in [0.29, 0.717) is 18.1 Å². The quantitative estimate of drug-likeness (QED) is 0.473. The minimum atomic E-state index is -1.04. The number of nitrogens with zero attached hydrogens (tertiary/aromatic N) is 2. The highest BCUT2D eigenvalue weighted by atomic mass is 16.3. The molecule has 0 heterocycles.